The number of rotatable bonds is 10. The number of aldehydes is 1. The first kappa shape index (κ1) is 23.8. The largest absolute Gasteiger partial charge is 0.481 e. The van der Waals surface area contributed by atoms with Crippen LogP contribution in [0.2, 0.25) is 0 Å². The summed E-state index contributed by atoms with van der Waals surface area (Å²) in [5, 5.41) is 23.5. The summed E-state index contributed by atoms with van der Waals surface area (Å²) in [5.74, 6) is -5.11. The van der Waals surface area contributed by atoms with E-state index in [1.807, 2.05) is 0 Å². The highest BCUT2D eigenvalue weighted by atomic mass is 16.4. The molecule has 2 unspecified atom stereocenters. The van der Waals surface area contributed by atoms with Crippen LogP contribution in [0.3, 0.4) is 0 Å². The number of carbonyl (C=O) groups excluding carboxylic acids is 2. The molecule has 2 aromatic heterocycles. The zero-order chi connectivity index (χ0) is 24.8. The number of fused-ring (bicyclic) bond motifs is 1. The molecule has 1 aromatic carbocycles. The number of aliphatic carboxylic acids is 2. The van der Waals surface area contributed by atoms with Gasteiger partial charge in [-0.1, -0.05) is 0 Å². The molecule has 0 aliphatic heterocycles. The highest BCUT2D eigenvalue weighted by molar-refractivity contribution is 5.97. The van der Waals surface area contributed by atoms with E-state index in [1.54, 1.807) is 12.1 Å². The molecule has 0 spiro atoms. The second-order valence-corrected chi connectivity index (χ2v) is 7.11. The molecule has 3 rings (SSSR count). The Labute approximate surface area is 191 Å². The summed E-state index contributed by atoms with van der Waals surface area (Å²) in [6.07, 6.45) is 1.05. The molecule has 0 fully saturated rings. The van der Waals surface area contributed by atoms with Crippen LogP contribution in [0.15, 0.2) is 30.5 Å². The van der Waals surface area contributed by atoms with Gasteiger partial charge in [-0.15, -0.1) is 0 Å². The zero-order valence-electron chi connectivity index (χ0n) is 17.5. The third-order valence-electron chi connectivity index (χ3n) is 4.70. The Morgan fingerprint density at radius 1 is 1.03 bits per heavy atom. The number of nitrogens with two attached hydrogens (primary N) is 2. The van der Waals surface area contributed by atoms with E-state index >= 15 is 0 Å². The van der Waals surface area contributed by atoms with Gasteiger partial charge < -0.3 is 37.1 Å². The molecule has 1 amide bonds. The Kier molecular flexibility index (Phi) is 7.10. The average molecular weight is 468 g/mol. The number of nitrogen functional groups attached to an aromatic ring is 2. The maximum atomic E-state index is 12.4. The third kappa shape index (κ3) is 5.67. The molecule has 2 heterocycles. The van der Waals surface area contributed by atoms with Gasteiger partial charge in [-0.2, -0.15) is 9.97 Å². The molecule has 0 aliphatic carbocycles. The summed E-state index contributed by atoms with van der Waals surface area (Å²) < 4.78 is 0. The maximum absolute atomic E-state index is 12.4. The van der Waals surface area contributed by atoms with E-state index in [0.717, 1.165) is 0 Å². The Balaban J connectivity index is 1.63. The van der Waals surface area contributed by atoms with E-state index in [0.29, 0.717) is 16.9 Å². The van der Waals surface area contributed by atoms with Crippen molar-refractivity contribution in [3.63, 3.8) is 0 Å². The minimum Gasteiger partial charge on any atom is -0.481 e. The summed E-state index contributed by atoms with van der Waals surface area (Å²) in [6.45, 7) is 0.266. The molecule has 0 bridgehead atoms. The van der Waals surface area contributed by atoms with Crippen LogP contribution in [-0.2, 0) is 20.9 Å². The first-order valence-electron chi connectivity index (χ1n) is 9.78. The number of aromatic nitrogens is 4. The molecule has 14 heteroatoms. The average Bonchev–Trinajstić information content (AvgIpc) is 2.80. The van der Waals surface area contributed by atoms with Gasteiger partial charge in [0.25, 0.3) is 5.91 Å². The zero-order valence-corrected chi connectivity index (χ0v) is 17.5. The van der Waals surface area contributed by atoms with Gasteiger partial charge in [0.1, 0.15) is 18.2 Å². The number of benzene rings is 1. The Hall–Kier alpha value is -4.88. The van der Waals surface area contributed by atoms with Crippen molar-refractivity contribution < 1.29 is 29.4 Å². The van der Waals surface area contributed by atoms with Gasteiger partial charge in [-0.3, -0.25) is 9.59 Å². The Morgan fingerprint density at radius 3 is 2.35 bits per heavy atom. The van der Waals surface area contributed by atoms with Crippen molar-refractivity contribution >= 4 is 52.7 Å². The van der Waals surface area contributed by atoms with Crippen molar-refractivity contribution in [2.45, 2.75) is 19.0 Å². The second kappa shape index (κ2) is 10.2. The number of hydrogen-bond donors (Lipinski definition) is 6. The van der Waals surface area contributed by atoms with Crippen LogP contribution in [0.1, 0.15) is 22.5 Å². The molecule has 3 aromatic rings. The first-order valence-corrected chi connectivity index (χ1v) is 9.78. The van der Waals surface area contributed by atoms with Crippen LogP contribution < -0.4 is 22.1 Å². The number of nitrogens with one attached hydrogen (secondary N) is 2. The number of hydrogen-bond acceptors (Lipinski definition) is 11. The topological polar surface area (TPSA) is 236 Å². The SMILES string of the molecule is Nc1nc(N)c2nc(CNc3ccc(C(=O)NC(CC(C=O)C(=O)O)C(=O)O)cc3)cnc2n1. The fraction of sp³-hybridized carbons (Fsp3) is 0.200. The van der Waals surface area contributed by atoms with Gasteiger partial charge in [0, 0.05) is 11.3 Å². The lowest BCUT2D eigenvalue weighted by Crippen LogP contribution is -2.43. The van der Waals surface area contributed by atoms with E-state index < -0.39 is 36.2 Å². The third-order valence-corrected chi connectivity index (χ3v) is 4.70. The van der Waals surface area contributed by atoms with E-state index in [4.69, 9.17) is 16.6 Å². The summed E-state index contributed by atoms with van der Waals surface area (Å²) >= 11 is 0. The minimum absolute atomic E-state index is 0.00517. The molecule has 0 radical (unpaired) electrons. The van der Waals surface area contributed by atoms with Crippen molar-refractivity contribution in [3.8, 4) is 0 Å². The molecule has 0 saturated carbocycles. The van der Waals surface area contributed by atoms with Gasteiger partial charge in [-0.25, -0.2) is 14.8 Å². The van der Waals surface area contributed by atoms with Crippen LogP contribution in [0, 0.1) is 5.92 Å². The van der Waals surface area contributed by atoms with Gasteiger partial charge in [0.2, 0.25) is 5.95 Å². The standard InChI is InChI=1S/C20H20N8O6/c21-15-14-16(28-20(22)27-15)24-7-12(25-14)6-23-11-3-1-9(2-4-11)17(30)26-13(19(33)34)5-10(8-29)18(31)32/h1-4,7-8,10,13,23H,5-6H2,(H,26,30)(H,31,32)(H,33,34)(H4,21,22,24,27,28). The van der Waals surface area contributed by atoms with Crippen molar-refractivity contribution in [3.05, 3.63) is 41.7 Å². The lowest BCUT2D eigenvalue weighted by molar-refractivity contribution is -0.145. The van der Waals surface area contributed by atoms with Crippen molar-refractivity contribution in [2.75, 3.05) is 16.8 Å². The normalized spacial score (nSPS) is 12.5. The summed E-state index contributed by atoms with van der Waals surface area (Å²) in [6, 6.07) is 4.53. The minimum atomic E-state index is -1.55. The fourth-order valence-corrected chi connectivity index (χ4v) is 2.93. The summed E-state index contributed by atoms with van der Waals surface area (Å²) in [4.78, 5) is 61.9. The predicted molar refractivity (Wildman–Crippen MR) is 118 cm³/mol. The van der Waals surface area contributed by atoms with E-state index in [2.05, 4.69) is 30.6 Å². The quantitative estimate of drug-likeness (QED) is 0.165. The highest BCUT2D eigenvalue weighted by Gasteiger charge is 2.28. The monoisotopic (exact) mass is 468 g/mol. The molecule has 8 N–H and O–H groups in total. The van der Waals surface area contributed by atoms with Crippen molar-refractivity contribution in [1.82, 2.24) is 25.3 Å². The number of anilines is 3. The molecule has 2 atom stereocenters. The summed E-state index contributed by atoms with van der Waals surface area (Å²) in [7, 11) is 0. The number of carboxylic acids is 2. The van der Waals surface area contributed by atoms with Crippen LogP contribution in [0.5, 0.6) is 0 Å². The number of carbonyl (C=O) groups is 4. The van der Waals surface area contributed by atoms with Crippen LogP contribution in [0.25, 0.3) is 11.2 Å². The van der Waals surface area contributed by atoms with Gasteiger partial charge in [0.15, 0.2) is 17.0 Å². The maximum Gasteiger partial charge on any atom is 0.326 e. The van der Waals surface area contributed by atoms with E-state index in [1.165, 1.54) is 18.3 Å². The van der Waals surface area contributed by atoms with Gasteiger partial charge in [-0.05, 0) is 30.7 Å². The second-order valence-electron chi connectivity index (χ2n) is 7.11. The van der Waals surface area contributed by atoms with Crippen LogP contribution in [0.4, 0.5) is 17.5 Å². The molecule has 34 heavy (non-hydrogen) atoms. The van der Waals surface area contributed by atoms with Crippen LogP contribution in [-0.4, -0.2) is 60.3 Å². The van der Waals surface area contributed by atoms with E-state index in [-0.39, 0.29) is 35.8 Å². The number of amides is 1. The lowest BCUT2D eigenvalue weighted by atomic mass is 10.0. The van der Waals surface area contributed by atoms with Crippen molar-refractivity contribution in [2.24, 2.45) is 5.92 Å². The number of carboxylic acid groups (broad SMARTS) is 2. The molecular formula is C20H20N8O6. The molecular weight excluding hydrogens is 448 g/mol. The van der Waals surface area contributed by atoms with Crippen LogP contribution >= 0.6 is 0 Å². The fourth-order valence-electron chi connectivity index (χ4n) is 2.93. The molecule has 0 saturated heterocycles. The first-order chi connectivity index (χ1) is 16.2. The lowest BCUT2D eigenvalue weighted by Gasteiger charge is -2.16. The van der Waals surface area contributed by atoms with Gasteiger partial charge in [0.05, 0.1) is 18.4 Å². The van der Waals surface area contributed by atoms with E-state index in [9.17, 15) is 24.3 Å². The summed E-state index contributed by atoms with van der Waals surface area (Å²) in [5.41, 5.74) is 13.2. The highest BCUT2D eigenvalue weighted by Crippen LogP contribution is 2.16. The predicted octanol–water partition coefficient (Wildman–Crippen LogP) is -0.331. The smallest absolute Gasteiger partial charge is 0.326 e. The Bertz CT molecular complexity index is 1250. The Morgan fingerprint density at radius 2 is 1.74 bits per heavy atom. The number of nitrogens with zero attached hydrogens (tertiary/aromatic N) is 4. The molecule has 0 aliphatic rings. The van der Waals surface area contributed by atoms with Gasteiger partial charge >= 0.3 is 11.9 Å². The molecule has 14 nitrogen and oxygen atoms in total. The van der Waals surface area contributed by atoms with Crippen molar-refractivity contribution in [1.29, 1.82) is 0 Å². The molecule has 176 valence electrons.